The summed E-state index contributed by atoms with van der Waals surface area (Å²) in [5.41, 5.74) is 0.437. The number of urea groups is 1. The standard InChI is InChI=1S/C14H17ClN2O4/c1-21-12-4-2-3-11(12)17-14(20)16-10-6-5-8(13(18)19)7-9(10)15/h5-7,11-12H,2-4H2,1H3,(H,18,19)(H2,16,17,20). The largest absolute Gasteiger partial charge is 0.478 e. The number of methoxy groups -OCH3 is 1. The molecule has 114 valence electrons. The predicted octanol–water partition coefficient (Wildman–Crippen LogP) is 2.73. The third-order valence-corrected chi connectivity index (χ3v) is 3.85. The summed E-state index contributed by atoms with van der Waals surface area (Å²) in [7, 11) is 1.63. The first-order valence-corrected chi connectivity index (χ1v) is 7.02. The molecule has 0 heterocycles. The van der Waals surface area contributed by atoms with E-state index in [9.17, 15) is 9.59 Å². The molecule has 6 nitrogen and oxygen atoms in total. The number of aromatic carboxylic acids is 1. The van der Waals surface area contributed by atoms with Gasteiger partial charge in [-0.1, -0.05) is 11.6 Å². The number of carboxylic acid groups (broad SMARTS) is 1. The maximum Gasteiger partial charge on any atom is 0.335 e. The normalized spacial score (nSPS) is 21.0. The minimum atomic E-state index is -1.07. The van der Waals surface area contributed by atoms with E-state index in [0.29, 0.717) is 5.69 Å². The smallest absolute Gasteiger partial charge is 0.335 e. The Morgan fingerprint density at radius 2 is 2.14 bits per heavy atom. The molecule has 7 heteroatoms. The molecular weight excluding hydrogens is 296 g/mol. The highest BCUT2D eigenvalue weighted by molar-refractivity contribution is 6.34. The topological polar surface area (TPSA) is 87.7 Å². The van der Waals surface area contributed by atoms with E-state index in [-0.39, 0.29) is 28.8 Å². The Hall–Kier alpha value is -1.79. The van der Waals surface area contributed by atoms with Gasteiger partial charge < -0.3 is 20.5 Å². The van der Waals surface area contributed by atoms with Crippen LogP contribution in [0.5, 0.6) is 0 Å². The summed E-state index contributed by atoms with van der Waals surface area (Å²) < 4.78 is 5.31. The average Bonchev–Trinajstić information content (AvgIpc) is 2.87. The third-order valence-electron chi connectivity index (χ3n) is 3.54. The highest BCUT2D eigenvalue weighted by Crippen LogP contribution is 2.24. The number of hydrogen-bond donors (Lipinski definition) is 3. The van der Waals surface area contributed by atoms with Gasteiger partial charge in [-0.05, 0) is 37.5 Å². The number of ether oxygens (including phenoxy) is 1. The van der Waals surface area contributed by atoms with Crippen molar-refractivity contribution in [3.63, 3.8) is 0 Å². The quantitative estimate of drug-likeness (QED) is 0.797. The van der Waals surface area contributed by atoms with Gasteiger partial charge in [-0.2, -0.15) is 0 Å². The minimum absolute atomic E-state index is 0.0212. The van der Waals surface area contributed by atoms with Crippen LogP contribution in [0.1, 0.15) is 29.6 Å². The lowest BCUT2D eigenvalue weighted by Gasteiger charge is -2.20. The maximum absolute atomic E-state index is 11.9. The molecule has 1 saturated carbocycles. The van der Waals surface area contributed by atoms with Crippen LogP contribution in [0.15, 0.2) is 18.2 Å². The summed E-state index contributed by atoms with van der Waals surface area (Å²) in [6, 6.07) is 3.75. The van der Waals surface area contributed by atoms with Crippen molar-refractivity contribution in [1.82, 2.24) is 5.32 Å². The van der Waals surface area contributed by atoms with Crippen molar-refractivity contribution in [2.75, 3.05) is 12.4 Å². The summed E-state index contributed by atoms with van der Waals surface area (Å²) in [6.07, 6.45) is 2.84. The van der Waals surface area contributed by atoms with Gasteiger partial charge in [0.15, 0.2) is 0 Å². The third kappa shape index (κ3) is 3.86. The number of hydrogen-bond acceptors (Lipinski definition) is 3. The van der Waals surface area contributed by atoms with Gasteiger partial charge in [-0.3, -0.25) is 0 Å². The molecule has 1 aliphatic carbocycles. The summed E-state index contributed by atoms with van der Waals surface area (Å²) in [6.45, 7) is 0. The molecule has 0 radical (unpaired) electrons. The lowest BCUT2D eigenvalue weighted by molar-refractivity contribution is 0.0697. The summed E-state index contributed by atoms with van der Waals surface area (Å²) >= 11 is 5.96. The van der Waals surface area contributed by atoms with Crippen LogP contribution in [-0.4, -0.2) is 36.4 Å². The number of carbonyl (C=O) groups excluding carboxylic acids is 1. The van der Waals surface area contributed by atoms with Gasteiger partial charge in [0.2, 0.25) is 0 Å². The van der Waals surface area contributed by atoms with Crippen molar-refractivity contribution in [3.05, 3.63) is 28.8 Å². The van der Waals surface area contributed by atoms with Gasteiger partial charge in [0.1, 0.15) is 0 Å². The highest BCUT2D eigenvalue weighted by Gasteiger charge is 2.28. The number of amides is 2. The number of nitrogens with one attached hydrogen (secondary N) is 2. The van der Waals surface area contributed by atoms with Crippen LogP contribution in [0.4, 0.5) is 10.5 Å². The van der Waals surface area contributed by atoms with Crippen molar-refractivity contribution in [2.45, 2.75) is 31.4 Å². The van der Waals surface area contributed by atoms with Crippen LogP contribution in [0.25, 0.3) is 0 Å². The van der Waals surface area contributed by atoms with E-state index < -0.39 is 5.97 Å². The molecule has 3 N–H and O–H groups in total. The molecule has 2 atom stereocenters. The van der Waals surface area contributed by atoms with Crippen molar-refractivity contribution < 1.29 is 19.4 Å². The molecule has 2 rings (SSSR count). The highest BCUT2D eigenvalue weighted by atomic mass is 35.5. The zero-order chi connectivity index (χ0) is 15.4. The average molecular weight is 313 g/mol. The van der Waals surface area contributed by atoms with Crippen LogP contribution in [0.3, 0.4) is 0 Å². The molecule has 1 aromatic rings. The second-order valence-corrected chi connectivity index (χ2v) is 5.32. The number of benzene rings is 1. The maximum atomic E-state index is 11.9. The Morgan fingerprint density at radius 3 is 2.76 bits per heavy atom. The first-order chi connectivity index (χ1) is 10.0. The first kappa shape index (κ1) is 15.6. The Morgan fingerprint density at radius 1 is 1.38 bits per heavy atom. The molecule has 1 aromatic carbocycles. The SMILES string of the molecule is COC1CCCC1NC(=O)Nc1ccc(C(=O)O)cc1Cl. The predicted molar refractivity (Wildman–Crippen MR) is 79.0 cm³/mol. The molecule has 2 amide bonds. The van der Waals surface area contributed by atoms with Crippen molar-refractivity contribution in [1.29, 1.82) is 0 Å². The van der Waals surface area contributed by atoms with Crippen LogP contribution in [-0.2, 0) is 4.74 Å². The molecule has 1 aliphatic rings. The Kier molecular flexibility index (Phi) is 5.03. The molecule has 0 aliphatic heterocycles. The first-order valence-electron chi connectivity index (χ1n) is 6.64. The molecule has 0 aromatic heterocycles. The van der Waals surface area contributed by atoms with E-state index >= 15 is 0 Å². The Balaban J connectivity index is 1.98. The van der Waals surface area contributed by atoms with E-state index in [1.54, 1.807) is 7.11 Å². The van der Waals surface area contributed by atoms with Crippen LogP contribution in [0, 0.1) is 0 Å². The fourth-order valence-corrected chi connectivity index (χ4v) is 2.68. The summed E-state index contributed by atoms with van der Waals surface area (Å²) in [5, 5.41) is 14.5. The van der Waals surface area contributed by atoms with Crippen molar-refractivity contribution in [3.8, 4) is 0 Å². The molecule has 2 unspecified atom stereocenters. The second-order valence-electron chi connectivity index (χ2n) is 4.91. The van der Waals surface area contributed by atoms with Gasteiger partial charge in [0.05, 0.1) is 28.4 Å². The van der Waals surface area contributed by atoms with Gasteiger partial charge in [0, 0.05) is 7.11 Å². The Bertz CT molecular complexity index is 550. The number of carboxylic acids is 1. The minimum Gasteiger partial charge on any atom is -0.478 e. The van der Waals surface area contributed by atoms with E-state index in [1.165, 1.54) is 18.2 Å². The lowest BCUT2D eigenvalue weighted by Crippen LogP contribution is -2.42. The number of anilines is 1. The summed E-state index contributed by atoms with van der Waals surface area (Å²) in [4.78, 5) is 22.8. The second kappa shape index (κ2) is 6.78. The van der Waals surface area contributed by atoms with Crippen molar-refractivity contribution >= 4 is 29.3 Å². The number of halogens is 1. The van der Waals surface area contributed by atoms with E-state index in [1.807, 2.05) is 0 Å². The zero-order valence-corrected chi connectivity index (χ0v) is 12.3. The fourth-order valence-electron chi connectivity index (χ4n) is 2.45. The van der Waals surface area contributed by atoms with Gasteiger partial charge in [-0.25, -0.2) is 9.59 Å². The van der Waals surface area contributed by atoms with E-state index in [2.05, 4.69) is 10.6 Å². The number of rotatable bonds is 4. The lowest BCUT2D eigenvalue weighted by atomic mass is 10.2. The zero-order valence-electron chi connectivity index (χ0n) is 11.6. The van der Waals surface area contributed by atoms with E-state index in [4.69, 9.17) is 21.4 Å². The molecular formula is C14H17ClN2O4. The molecule has 0 bridgehead atoms. The van der Waals surface area contributed by atoms with E-state index in [0.717, 1.165) is 19.3 Å². The number of carbonyl (C=O) groups is 2. The molecule has 0 saturated heterocycles. The fraction of sp³-hybridized carbons (Fsp3) is 0.429. The van der Waals surface area contributed by atoms with Crippen LogP contribution >= 0.6 is 11.6 Å². The summed E-state index contributed by atoms with van der Waals surface area (Å²) in [5.74, 6) is -1.07. The van der Waals surface area contributed by atoms with Gasteiger partial charge in [-0.15, -0.1) is 0 Å². The van der Waals surface area contributed by atoms with Crippen LogP contribution in [0.2, 0.25) is 5.02 Å². The van der Waals surface area contributed by atoms with Gasteiger partial charge >= 0.3 is 12.0 Å². The molecule has 21 heavy (non-hydrogen) atoms. The molecule has 0 spiro atoms. The molecule has 1 fully saturated rings. The van der Waals surface area contributed by atoms with Crippen LogP contribution < -0.4 is 10.6 Å². The van der Waals surface area contributed by atoms with Crippen molar-refractivity contribution in [2.24, 2.45) is 0 Å². The monoisotopic (exact) mass is 312 g/mol. The Labute approximate surface area is 127 Å². The van der Waals surface area contributed by atoms with Gasteiger partial charge in [0.25, 0.3) is 0 Å².